The van der Waals surface area contributed by atoms with Gasteiger partial charge in [-0.15, -0.1) is 0 Å². The molecule has 2 rings (SSSR count). The molecule has 0 unspecified atom stereocenters. The van der Waals surface area contributed by atoms with E-state index in [0.29, 0.717) is 24.1 Å². The van der Waals surface area contributed by atoms with E-state index in [9.17, 15) is 5.11 Å². The Labute approximate surface area is 157 Å². The van der Waals surface area contributed by atoms with Gasteiger partial charge in [0.05, 0.1) is 13.7 Å². The highest BCUT2D eigenvalue weighted by Crippen LogP contribution is 2.29. The molecule has 0 spiro atoms. The normalized spacial score (nSPS) is 17.3. The fourth-order valence-corrected chi connectivity index (χ4v) is 2.93. The van der Waals surface area contributed by atoms with Gasteiger partial charge < -0.3 is 24.2 Å². The van der Waals surface area contributed by atoms with E-state index in [1.54, 1.807) is 7.11 Å². The molecule has 1 heterocycles. The van der Waals surface area contributed by atoms with E-state index in [-0.39, 0.29) is 6.61 Å². The maximum Gasteiger partial charge on any atom is 0.161 e. The van der Waals surface area contributed by atoms with Gasteiger partial charge >= 0.3 is 0 Å². The van der Waals surface area contributed by atoms with Crippen LogP contribution in [0.1, 0.15) is 25.8 Å². The first-order valence-corrected chi connectivity index (χ1v) is 9.47. The van der Waals surface area contributed by atoms with Gasteiger partial charge in [-0.2, -0.15) is 0 Å². The monoisotopic (exact) mass is 366 g/mol. The van der Waals surface area contributed by atoms with Gasteiger partial charge in [0.15, 0.2) is 11.5 Å². The summed E-state index contributed by atoms with van der Waals surface area (Å²) in [5, 5.41) is 10.2. The number of hydrogen-bond acceptors (Lipinski definition) is 6. The van der Waals surface area contributed by atoms with Crippen LogP contribution in [0.25, 0.3) is 0 Å². The molecule has 6 heteroatoms. The maximum absolute atomic E-state index is 10.2. The quantitative estimate of drug-likeness (QED) is 0.721. The van der Waals surface area contributed by atoms with E-state index >= 15 is 0 Å². The third-order valence-electron chi connectivity index (χ3n) is 4.76. The zero-order chi connectivity index (χ0) is 18.9. The molecular weight excluding hydrogens is 332 g/mol. The molecule has 1 atom stereocenters. The van der Waals surface area contributed by atoms with Crippen LogP contribution in [-0.2, 0) is 11.3 Å². The van der Waals surface area contributed by atoms with Crippen LogP contribution in [0.5, 0.6) is 11.5 Å². The third-order valence-corrected chi connectivity index (χ3v) is 4.76. The molecule has 0 aromatic heterocycles. The molecule has 1 aromatic carbocycles. The molecule has 0 radical (unpaired) electrons. The average Bonchev–Trinajstić information content (AvgIpc) is 2.89. The summed E-state index contributed by atoms with van der Waals surface area (Å²) in [5.41, 5.74) is 1.19. The molecule has 1 fully saturated rings. The highest BCUT2D eigenvalue weighted by molar-refractivity contribution is 5.43. The Hall–Kier alpha value is -1.34. The van der Waals surface area contributed by atoms with Crippen LogP contribution in [0.3, 0.4) is 0 Å². The lowest BCUT2D eigenvalue weighted by atomic mass is 10.2. The second kappa shape index (κ2) is 10.7. The molecule has 0 aliphatic carbocycles. The zero-order valence-corrected chi connectivity index (χ0v) is 16.6. The Balaban J connectivity index is 1.90. The van der Waals surface area contributed by atoms with E-state index in [1.165, 1.54) is 5.56 Å². The highest BCUT2D eigenvalue weighted by Gasteiger charge is 2.15. The topological polar surface area (TPSA) is 54.4 Å². The minimum Gasteiger partial charge on any atom is -0.493 e. The summed E-state index contributed by atoms with van der Waals surface area (Å²) in [6.07, 6.45) is 0.532. The molecule has 1 aliphatic heterocycles. The summed E-state index contributed by atoms with van der Waals surface area (Å²) in [4.78, 5) is 4.49. The van der Waals surface area contributed by atoms with Gasteiger partial charge in [-0.3, -0.25) is 4.90 Å². The number of aliphatic hydroxyl groups excluding tert-OH is 1. The van der Waals surface area contributed by atoms with Gasteiger partial charge in [0, 0.05) is 38.8 Å². The smallest absolute Gasteiger partial charge is 0.161 e. The summed E-state index contributed by atoms with van der Waals surface area (Å²) in [7, 11) is 3.64. The van der Waals surface area contributed by atoms with Crippen LogP contribution in [0, 0.1) is 0 Å². The molecule has 0 amide bonds. The second-order valence-electron chi connectivity index (χ2n) is 7.23. The zero-order valence-electron chi connectivity index (χ0n) is 16.6. The van der Waals surface area contributed by atoms with E-state index in [2.05, 4.69) is 29.7 Å². The summed E-state index contributed by atoms with van der Waals surface area (Å²) < 4.78 is 16.8. The third kappa shape index (κ3) is 6.76. The van der Waals surface area contributed by atoms with Crippen molar-refractivity contribution in [3.63, 3.8) is 0 Å². The number of ether oxygens (including phenoxy) is 3. The fraction of sp³-hybridized carbons (Fsp3) is 0.700. The van der Waals surface area contributed by atoms with Crippen molar-refractivity contribution in [3.05, 3.63) is 23.8 Å². The number of likely N-dealkylation sites (N-methyl/N-ethyl adjacent to an activating group) is 1. The first-order valence-electron chi connectivity index (χ1n) is 9.47. The average molecular weight is 367 g/mol. The Morgan fingerprint density at radius 1 is 1.23 bits per heavy atom. The molecule has 6 nitrogen and oxygen atoms in total. The Bertz CT molecular complexity index is 531. The van der Waals surface area contributed by atoms with Gasteiger partial charge in [0.2, 0.25) is 0 Å². The maximum atomic E-state index is 10.2. The largest absolute Gasteiger partial charge is 0.493 e. The first kappa shape index (κ1) is 21.0. The van der Waals surface area contributed by atoms with Crippen molar-refractivity contribution in [2.24, 2.45) is 0 Å². The number of methoxy groups -OCH3 is 1. The molecule has 1 saturated heterocycles. The number of benzene rings is 1. The lowest BCUT2D eigenvalue weighted by molar-refractivity contribution is 0.0668. The van der Waals surface area contributed by atoms with Crippen molar-refractivity contribution >= 4 is 0 Å². The summed E-state index contributed by atoms with van der Waals surface area (Å²) in [6.45, 7) is 9.55. The molecule has 26 heavy (non-hydrogen) atoms. The summed E-state index contributed by atoms with van der Waals surface area (Å²) in [5.74, 6) is 1.37. The molecule has 0 saturated carbocycles. The van der Waals surface area contributed by atoms with Crippen molar-refractivity contribution in [1.82, 2.24) is 9.80 Å². The minimum atomic E-state index is -0.538. The van der Waals surface area contributed by atoms with Crippen LogP contribution in [0.4, 0.5) is 0 Å². The number of hydrogen-bond donors (Lipinski definition) is 1. The van der Waals surface area contributed by atoms with Crippen molar-refractivity contribution in [1.29, 1.82) is 0 Å². The van der Waals surface area contributed by atoms with Crippen molar-refractivity contribution in [2.75, 3.05) is 53.6 Å². The van der Waals surface area contributed by atoms with Crippen molar-refractivity contribution in [3.8, 4) is 11.5 Å². The Morgan fingerprint density at radius 2 is 2.04 bits per heavy atom. The molecule has 1 aromatic rings. The van der Waals surface area contributed by atoms with Crippen molar-refractivity contribution in [2.45, 2.75) is 39.0 Å². The fourth-order valence-electron chi connectivity index (χ4n) is 2.93. The van der Waals surface area contributed by atoms with Crippen LogP contribution < -0.4 is 9.47 Å². The summed E-state index contributed by atoms with van der Waals surface area (Å²) in [6, 6.07) is 6.41. The van der Waals surface area contributed by atoms with E-state index in [4.69, 9.17) is 14.2 Å². The van der Waals surface area contributed by atoms with Gasteiger partial charge in [0.25, 0.3) is 0 Å². The van der Waals surface area contributed by atoms with E-state index in [0.717, 1.165) is 39.3 Å². The molecule has 0 bridgehead atoms. The highest BCUT2D eigenvalue weighted by atomic mass is 16.5. The predicted octanol–water partition coefficient (Wildman–Crippen LogP) is 2.00. The van der Waals surface area contributed by atoms with Gasteiger partial charge in [-0.1, -0.05) is 6.07 Å². The number of aliphatic hydroxyl groups is 1. The van der Waals surface area contributed by atoms with Crippen LogP contribution in [-0.4, -0.2) is 80.7 Å². The molecule has 148 valence electrons. The Kier molecular flexibility index (Phi) is 8.65. The van der Waals surface area contributed by atoms with Gasteiger partial charge in [-0.05, 0) is 45.0 Å². The minimum absolute atomic E-state index is 0.246. The lowest BCUT2D eigenvalue weighted by Crippen LogP contribution is -2.36. The first-order chi connectivity index (χ1) is 12.5. The predicted molar refractivity (Wildman–Crippen MR) is 103 cm³/mol. The number of nitrogens with zero attached hydrogens (tertiary/aromatic N) is 2. The van der Waals surface area contributed by atoms with Gasteiger partial charge in [0.1, 0.15) is 12.7 Å². The molecule has 1 N–H and O–H groups in total. The van der Waals surface area contributed by atoms with E-state index < -0.39 is 6.10 Å². The van der Waals surface area contributed by atoms with Crippen LogP contribution >= 0.6 is 0 Å². The SMILES string of the molecule is COc1cc(CN2CCCOCC2)ccc1OC[C@H](O)CN(C)C(C)C. The standard InChI is InChI=1S/C20H34N2O4/c1-16(2)21(3)14-18(23)15-26-19-7-6-17(12-20(19)24-4)13-22-8-5-10-25-11-9-22/h6-7,12,16,18,23H,5,8-11,13-15H2,1-4H3/t18-/m1/s1. The molecular formula is C20H34N2O4. The van der Waals surface area contributed by atoms with Crippen LogP contribution in [0.2, 0.25) is 0 Å². The van der Waals surface area contributed by atoms with Gasteiger partial charge in [-0.25, -0.2) is 0 Å². The van der Waals surface area contributed by atoms with E-state index in [1.807, 2.05) is 19.2 Å². The lowest BCUT2D eigenvalue weighted by Gasteiger charge is -2.24. The molecule has 1 aliphatic rings. The number of rotatable bonds is 9. The van der Waals surface area contributed by atoms with Crippen molar-refractivity contribution < 1.29 is 19.3 Å². The Morgan fingerprint density at radius 3 is 2.77 bits per heavy atom. The van der Waals surface area contributed by atoms with Crippen LogP contribution in [0.15, 0.2) is 18.2 Å². The second-order valence-corrected chi connectivity index (χ2v) is 7.23. The summed E-state index contributed by atoms with van der Waals surface area (Å²) >= 11 is 0.